The molecule has 0 spiro atoms. The number of anilines is 1. The molecule has 0 fully saturated rings. The highest BCUT2D eigenvalue weighted by Gasteiger charge is 2.29. The van der Waals surface area contributed by atoms with E-state index in [2.05, 4.69) is 10.6 Å². The number of fused-ring (bicyclic) bond motifs is 3. The first-order valence-corrected chi connectivity index (χ1v) is 7.68. The lowest BCUT2D eigenvalue weighted by atomic mass is 10.0. The molecule has 3 N–H and O–H groups in total. The van der Waals surface area contributed by atoms with Crippen LogP contribution in [0.25, 0.3) is 11.1 Å². The summed E-state index contributed by atoms with van der Waals surface area (Å²) in [7, 11) is 0. The summed E-state index contributed by atoms with van der Waals surface area (Å²) in [4.78, 5) is 33.9. The van der Waals surface area contributed by atoms with Gasteiger partial charge in [-0.1, -0.05) is 30.3 Å². The first-order chi connectivity index (χ1) is 12.0. The van der Waals surface area contributed by atoms with E-state index in [0.717, 1.165) is 34.4 Å². The van der Waals surface area contributed by atoms with Crippen molar-refractivity contribution in [2.75, 3.05) is 5.32 Å². The fraction of sp³-hybridized carbons (Fsp3) is 0.105. The van der Waals surface area contributed by atoms with Crippen LogP contribution in [0.5, 0.6) is 0 Å². The predicted molar refractivity (Wildman–Crippen MR) is 92.9 cm³/mol. The number of benzene rings is 2. The first-order valence-electron chi connectivity index (χ1n) is 7.68. The van der Waals surface area contributed by atoms with Gasteiger partial charge in [-0.15, -0.1) is 0 Å². The van der Waals surface area contributed by atoms with E-state index in [1.807, 2.05) is 42.5 Å². The molecule has 0 radical (unpaired) electrons. The van der Waals surface area contributed by atoms with Crippen molar-refractivity contribution in [3.8, 4) is 11.1 Å². The van der Waals surface area contributed by atoms with Crippen molar-refractivity contribution in [3.63, 3.8) is 0 Å². The minimum absolute atomic E-state index is 0.180. The molecular formula is C19H16N2O4. The van der Waals surface area contributed by atoms with Gasteiger partial charge >= 0.3 is 5.97 Å². The highest BCUT2D eigenvalue weighted by atomic mass is 16.4. The molecule has 6 nitrogen and oxygen atoms in total. The summed E-state index contributed by atoms with van der Waals surface area (Å²) in [6.45, 7) is 1.43. The number of hydrogen-bond acceptors (Lipinski definition) is 3. The maximum absolute atomic E-state index is 12.1. The molecule has 126 valence electrons. The number of carbonyl (C=O) groups excluding carboxylic acids is 2. The molecule has 2 aromatic rings. The number of carbonyl (C=O) groups is 3. The van der Waals surface area contributed by atoms with Gasteiger partial charge in [0, 0.05) is 24.8 Å². The maximum Gasteiger partial charge on any atom is 0.328 e. The van der Waals surface area contributed by atoms with E-state index in [1.54, 1.807) is 0 Å². The third kappa shape index (κ3) is 3.42. The maximum atomic E-state index is 12.1. The molecule has 0 aliphatic heterocycles. The van der Waals surface area contributed by atoms with Gasteiger partial charge in [0.2, 0.25) is 11.8 Å². The molecule has 0 heterocycles. The smallest absolute Gasteiger partial charge is 0.328 e. The van der Waals surface area contributed by atoms with E-state index >= 15 is 0 Å². The van der Waals surface area contributed by atoms with Crippen molar-refractivity contribution in [1.29, 1.82) is 0 Å². The van der Waals surface area contributed by atoms with Crippen LogP contribution in [0.15, 0.2) is 54.6 Å². The predicted octanol–water partition coefficient (Wildman–Crippen LogP) is 2.47. The summed E-state index contributed by atoms with van der Waals surface area (Å²) in [5.74, 6) is -1.87. The molecule has 0 saturated heterocycles. The van der Waals surface area contributed by atoms with Gasteiger partial charge in [0.15, 0.2) is 0 Å². The van der Waals surface area contributed by atoms with E-state index in [1.165, 1.54) is 6.92 Å². The zero-order valence-corrected chi connectivity index (χ0v) is 13.4. The monoisotopic (exact) mass is 336 g/mol. The topological polar surface area (TPSA) is 95.5 Å². The van der Waals surface area contributed by atoms with Crippen molar-refractivity contribution in [3.05, 3.63) is 65.7 Å². The Kier molecular flexibility index (Phi) is 4.35. The van der Waals surface area contributed by atoms with Gasteiger partial charge in [-0.3, -0.25) is 9.59 Å². The third-order valence-electron chi connectivity index (χ3n) is 3.91. The van der Waals surface area contributed by atoms with Crippen molar-refractivity contribution < 1.29 is 19.5 Å². The van der Waals surface area contributed by atoms with E-state index in [4.69, 9.17) is 5.11 Å². The van der Waals surface area contributed by atoms with Crippen molar-refractivity contribution in [2.45, 2.75) is 13.0 Å². The van der Waals surface area contributed by atoms with Gasteiger partial charge in [-0.05, 0) is 34.4 Å². The highest BCUT2D eigenvalue weighted by Crippen LogP contribution is 2.44. The number of hydrogen-bond donors (Lipinski definition) is 3. The summed E-state index contributed by atoms with van der Waals surface area (Å²) in [5.41, 5.74) is 4.38. The van der Waals surface area contributed by atoms with E-state index in [-0.39, 0.29) is 5.91 Å². The molecule has 0 saturated carbocycles. The van der Waals surface area contributed by atoms with Crippen LogP contribution in [-0.4, -0.2) is 22.9 Å². The van der Waals surface area contributed by atoms with Gasteiger partial charge in [0.1, 0.15) is 0 Å². The van der Waals surface area contributed by atoms with Crippen LogP contribution < -0.4 is 10.6 Å². The van der Waals surface area contributed by atoms with Gasteiger partial charge in [0.25, 0.3) is 0 Å². The number of aliphatic carboxylic acids is 1. The average molecular weight is 336 g/mol. The second kappa shape index (κ2) is 6.60. The Morgan fingerprint density at radius 3 is 2.44 bits per heavy atom. The minimum Gasteiger partial charge on any atom is -0.478 e. The van der Waals surface area contributed by atoms with E-state index in [0.29, 0.717) is 5.69 Å². The molecule has 6 heteroatoms. The molecule has 3 rings (SSSR count). The number of carboxylic acids is 1. The third-order valence-corrected chi connectivity index (χ3v) is 3.91. The zero-order valence-electron chi connectivity index (χ0n) is 13.4. The van der Waals surface area contributed by atoms with Crippen molar-refractivity contribution in [1.82, 2.24) is 5.32 Å². The van der Waals surface area contributed by atoms with E-state index < -0.39 is 17.9 Å². The molecule has 25 heavy (non-hydrogen) atoms. The lowest BCUT2D eigenvalue weighted by Crippen LogP contribution is -2.26. The Hall–Kier alpha value is -3.41. The number of carboxylic acid groups (broad SMARTS) is 1. The Balaban J connectivity index is 1.99. The summed E-state index contributed by atoms with van der Waals surface area (Å²) in [5, 5.41) is 14.2. The second-order valence-electron chi connectivity index (χ2n) is 5.68. The molecule has 2 amide bonds. The quantitative estimate of drug-likeness (QED) is 0.748. The number of rotatable bonds is 4. The summed E-state index contributed by atoms with van der Waals surface area (Å²) in [6.07, 6.45) is 1.78. The standard InChI is InChI=1S/C19H16N2O4/c1-11(22)20-12-6-7-14-13-4-2-3-5-15(13)19(16(14)10-12)21-17(23)8-9-18(24)25/h2-10,19H,1H3,(H,20,22)(H,21,23)(H,24,25)/b9-8-/t19-/m1/s1. The first kappa shape index (κ1) is 16.4. The fourth-order valence-electron chi connectivity index (χ4n) is 2.98. The van der Waals surface area contributed by atoms with Crippen LogP contribution >= 0.6 is 0 Å². The summed E-state index contributed by atoms with van der Waals surface area (Å²) in [6, 6.07) is 12.8. The Morgan fingerprint density at radius 1 is 1.00 bits per heavy atom. The zero-order chi connectivity index (χ0) is 18.0. The van der Waals surface area contributed by atoms with Crippen LogP contribution in [0.3, 0.4) is 0 Å². The van der Waals surface area contributed by atoms with Crippen LogP contribution in [0.4, 0.5) is 5.69 Å². The fourth-order valence-corrected chi connectivity index (χ4v) is 2.98. The van der Waals surface area contributed by atoms with Crippen LogP contribution in [-0.2, 0) is 14.4 Å². The SMILES string of the molecule is CC(=O)Nc1ccc2c(c1)[C@H](NC(=O)/C=C\C(=O)O)c1ccccc1-2. The molecular weight excluding hydrogens is 320 g/mol. The van der Waals surface area contributed by atoms with Crippen LogP contribution in [0, 0.1) is 0 Å². The van der Waals surface area contributed by atoms with E-state index in [9.17, 15) is 14.4 Å². The van der Waals surface area contributed by atoms with Crippen LogP contribution in [0.1, 0.15) is 24.1 Å². The van der Waals surface area contributed by atoms with Crippen LogP contribution in [0.2, 0.25) is 0 Å². The lowest BCUT2D eigenvalue weighted by Gasteiger charge is -2.15. The molecule has 1 atom stereocenters. The van der Waals surface area contributed by atoms with Gasteiger partial charge < -0.3 is 15.7 Å². The van der Waals surface area contributed by atoms with Gasteiger partial charge in [0.05, 0.1) is 6.04 Å². The molecule has 0 aromatic heterocycles. The lowest BCUT2D eigenvalue weighted by molar-refractivity contribution is -0.131. The number of amides is 2. The van der Waals surface area contributed by atoms with Gasteiger partial charge in [-0.2, -0.15) is 0 Å². The highest BCUT2D eigenvalue weighted by molar-refractivity contribution is 5.95. The Labute approximate surface area is 144 Å². The Bertz CT molecular complexity index is 902. The largest absolute Gasteiger partial charge is 0.478 e. The van der Waals surface area contributed by atoms with Crippen molar-refractivity contribution in [2.24, 2.45) is 0 Å². The summed E-state index contributed by atoms with van der Waals surface area (Å²) < 4.78 is 0. The molecule has 1 aliphatic rings. The number of nitrogens with one attached hydrogen (secondary N) is 2. The second-order valence-corrected chi connectivity index (χ2v) is 5.68. The minimum atomic E-state index is -1.18. The normalized spacial score (nSPS) is 14.7. The molecule has 0 unspecified atom stereocenters. The summed E-state index contributed by atoms with van der Waals surface area (Å²) >= 11 is 0. The van der Waals surface area contributed by atoms with Crippen molar-refractivity contribution >= 4 is 23.5 Å². The molecule has 2 aromatic carbocycles. The Morgan fingerprint density at radius 2 is 1.72 bits per heavy atom. The average Bonchev–Trinajstić information content (AvgIpc) is 2.86. The molecule has 1 aliphatic carbocycles. The molecule has 0 bridgehead atoms. The van der Waals surface area contributed by atoms with Gasteiger partial charge in [-0.25, -0.2) is 4.79 Å².